The molecule has 0 aliphatic rings. The number of phenolic OH excluding ortho intramolecular Hbond substituents is 2. The summed E-state index contributed by atoms with van der Waals surface area (Å²) >= 11 is 0. The van der Waals surface area contributed by atoms with Crippen molar-refractivity contribution in [3.63, 3.8) is 0 Å². The minimum atomic E-state index is -1.16. The molecule has 0 amide bonds. The van der Waals surface area contributed by atoms with Gasteiger partial charge in [0.1, 0.15) is 17.8 Å². The summed E-state index contributed by atoms with van der Waals surface area (Å²) in [6.45, 7) is 0. The molecule has 2 atom stereocenters. The van der Waals surface area contributed by atoms with Crippen molar-refractivity contribution in [3.05, 3.63) is 53.6 Å². The highest BCUT2D eigenvalue weighted by atomic mass is 16.5. The first-order valence-corrected chi connectivity index (χ1v) is 7.81. The van der Waals surface area contributed by atoms with Gasteiger partial charge in [-0.25, -0.2) is 4.79 Å². The molecule has 138 valence electrons. The molecule has 0 saturated heterocycles. The van der Waals surface area contributed by atoms with E-state index in [1.807, 2.05) is 0 Å². The average Bonchev–Trinajstić information content (AvgIpc) is 2.59. The number of hydrogen-bond acceptors (Lipinski definition) is 7. The van der Waals surface area contributed by atoms with Crippen molar-refractivity contribution in [1.29, 1.82) is 0 Å². The van der Waals surface area contributed by atoms with Crippen molar-refractivity contribution in [1.82, 2.24) is 0 Å². The monoisotopic (exact) mass is 360 g/mol. The lowest BCUT2D eigenvalue weighted by atomic mass is 10.1. The molecular weight excluding hydrogens is 340 g/mol. The second-order valence-electron chi connectivity index (χ2n) is 5.85. The molecule has 2 rings (SSSR count). The van der Waals surface area contributed by atoms with Crippen LogP contribution >= 0.6 is 0 Å². The van der Waals surface area contributed by atoms with Crippen molar-refractivity contribution in [3.8, 4) is 17.2 Å². The maximum Gasteiger partial charge on any atom is 0.328 e. The van der Waals surface area contributed by atoms with E-state index in [4.69, 9.17) is 21.3 Å². The van der Waals surface area contributed by atoms with Crippen molar-refractivity contribution >= 4 is 11.9 Å². The van der Waals surface area contributed by atoms with Crippen molar-refractivity contribution < 1.29 is 29.6 Å². The van der Waals surface area contributed by atoms with Gasteiger partial charge in [-0.2, -0.15) is 0 Å². The van der Waals surface area contributed by atoms with Crippen molar-refractivity contribution in [2.45, 2.75) is 24.9 Å². The molecule has 0 radical (unpaired) electrons. The van der Waals surface area contributed by atoms with E-state index in [0.717, 1.165) is 5.56 Å². The Balaban J connectivity index is 2.05. The van der Waals surface area contributed by atoms with E-state index in [1.165, 1.54) is 30.3 Å². The molecule has 26 heavy (non-hydrogen) atoms. The van der Waals surface area contributed by atoms with E-state index in [2.05, 4.69) is 0 Å². The van der Waals surface area contributed by atoms with Gasteiger partial charge in [-0.3, -0.25) is 4.79 Å². The van der Waals surface area contributed by atoms with Gasteiger partial charge in [0.2, 0.25) is 0 Å². The minimum Gasteiger partial charge on any atom is -0.508 e. The lowest BCUT2D eigenvalue weighted by Crippen LogP contribution is -2.36. The van der Waals surface area contributed by atoms with Gasteiger partial charge in [0.15, 0.2) is 11.5 Å². The zero-order chi connectivity index (χ0) is 19.3. The average molecular weight is 360 g/mol. The van der Waals surface area contributed by atoms with E-state index >= 15 is 0 Å². The predicted molar refractivity (Wildman–Crippen MR) is 92.8 cm³/mol. The van der Waals surface area contributed by atoms with Gasteiger partial charge in [-0.15, -0.1) is 0 Å². The second kappa shape index (κ2) is 8.32. The van der Waals surface area contributed by atoms with Gasteiger partial charge in [0.25, 0.3) is 0 Å². The Morgan fingerprint density at radius 3 is 2.12 bits per heavy atom. The van der Waals surface area contributed by atoms with Crippen LogP contribution in [0, 0.1) is 0 Å². The largest absolute Gasteiger partial charge is 0.508 e. The Kier molecular flexibility index (Phi) is 6.16. The summed E-state index contributed by atoms with van der Waals surface area (Å²) in [5.41, 5.74) is 12.5. The van der Waals surface area contributed by atoms with Crippen molar-refractivity contribution in [2.24, 2.45) is 11.5 Å². The molecule has 0 aliphatic heterocycles. The van der Waals surface area contributed by atoms with Crippen LogP contribution in [0.15, 0.2) is 42.5 Å². The first-order valence-electron chi connectivity index (χ1n) is 7.81. The molecule has 0 aliphatic carbocycles. The summed E-state index contributed by atoms with van der Waals surface area (Å²) in [4.78, 5) is 23.0. The lowest BCUT2D eigenvalue weighted by molar-refractivity contribution is -0.138. The van der Waals surface area contributed by atoms with E-state index in [1.54, 1.807) is 12.1 Å². The summed E-state index contributed by atoms with van der Waals surface area (Å²) in [5.74, 6) is -2.21. The topological polar surface area (TPSA) is 156 Å². The standard InChI is InChI=1S/C18H20N2O6/c19-13(17(23)24)8-11-3-6-15(22)16(9-11)26-18(25)14(20)7-10-1-4-12(21)5-2-10/h1-6,9,13-14,21-22H,7-8,19-20H2,(H,23,24)/t13-,14-/m0/s1. The van der Waals surface area contributed by atoms with Crippen LogP contribution in [0.25, 0.3) is 0 Å². The van der Waals surface area contributed by atoms with Gasteiger partial charge in [-0.05, 0) is 48.2 Å². The van der Waals surface area contributed by atoms with Gasteiger partial charge in [-0.1, -0.05) is 18.2 Å². The zero-order valence-electron chi connectivity index (χ0n) is 13.8. The predicted octanol–water partition coefficient (Wildman–Crippen LogP) is 0.528. The number of carbonyl (C=O) groups is 2. The Labute approximate surface area is 149 Å². The maximum absolute atomic E-state index is 12.2. The van der Waals surface area contributed by atoms with Gasteiger partial charge < -0.3 is 31.5 Å². The number of esters is 1. The lowest BCUT2D eigenvalue weighted by Gasteiger charge is -2.14. The third kappa shape index (κ3) is 5.20. The number of aromatic hydroxyl groups is 2. The van der Waals surface area contributed by atoms with Crippen LogP contribution in [0.2, 0.25) is 0 Å². The molecule has 7 N–H and O–H groups in total. The number of carboxylic acids is 1. The molecular formula is C18H20N2O6. The number of benzene rings is 2. The van der Waals surface area contributed by atoms with E-state index in [0.29, 0.717) is 5.56 Å². The Bertz CT molecular complexity index is 791. The van der Waals surface area contributed by atoms with Crippen LogP contribution in [-0.2, 0) is 22.4 Å². The highest BCUT2D eigenvalue weighted by Gasteiger charge is 2.19. The van der Waals surface area contributed by atoms with E-state index in [-0.39, 0.29) is 30.1 Å². The first kappa shape index (κ1) is 19.2. The maximum atomic E-state index is 12.2. The highest BCUT2D eigenvalue weighted by molar-refractivity contribution is 5.79. The normalized spacial score (nSPS) is 13.0. The van der Waals surface area contributed by atoms with Crippen LogP contribution in [0.5, 0.6) is 17.2 Å². The summed E-state index contributed by atoms with van der Waals surface area (Å²) in [6.07, 6.45) is 0.198. The molecule has 2 aromatic carbocycles. The van der Waals surface area contributed by atoms with Crippen molar-refractivity contribution in [2.75, 3.05) is 0 Å². The van der Waals surface area contributed by atoms with Crippen LogP contribution in [0.4, 0.5) is 0 Å². The van der Waals surface area contributed by atoms with Crippen LogP contribution < -0.4 is 16.2 Å². The molecule has 2 aromatic rings. The molecule has 8 nitrogen and oxygen atoms in total. The summed E-state index contributed by atoms with van der Waals surface area (Å²) < 4.78 is 5.13. The number of phenols is 2. The van der Waals surface area contributed by atoms with Gasteiger partial charge in [0.05, 0.1) is 0 Å². The Morgan fingerprint density at radius 1 is 0.923 bits per heavy atom. The molecule has 0 heterocycles. The second-order valence-corrected chi connectivity index (χ2v) is 5.85. The SMILES string of the molecule is N[C@@H](Cc1ccc(O)c(OC(=O)[C@@H](N)Cc2ccc(O)cc2)c1)C(=O)O. The molecule has 0 saturated carbocycles. The Hall–Kier alpha value is -3.10. The quantitative estimate of drug-likeness (QED) is 0.353. The van der Waals surface area contributed by atoms with Crippen LogP contribution in [0.3, 0.4) is 0 Å². The highest BCUT2D eigenvalue weighted by Crippen LogP contribution is 2.28. The third-order valence-corrected chi connectivity index (χ3v) is 3.70. The van der Waals surface area contributed by atoms with E-state index in [9.17, 15) is 19.8 Å². The van der Waals surface area contributed by atoms with Crippen LogP contribution in [0.1, 0.15) is 11.1 Å². The van der Waals surface area contributed by atoms with Crippen LogP contribution in [-0.4, -0.2) is 39.3 Å². The smallest absolute Gasteiger partial charge is 0.328 e. The van der Waals surface area contributed by atoms with Gasteiger partial charge >= 0.3 is 11.9 Å². The summed E-state index contributed by atoms with van der Waals surface area (Å²) in [6, 6.07) is 8.26. The third-order valence-electron chi connectivity index (χ3n) is 3.70. The summed E-state index contributed by atoms with van der Waals surface area (Å²) in [7, 11) is 0. The fourth-order valence-corrected chi connectivity index (χ4v) is 2.26. The molecule has 0 unspecified atom stereocenters. The number of aliphatic carboxylic acids is 1. The molecule has 0 aromatic heterocycles. The molecule has 0 fully saturated rings. The fraction of sp³-hybridized carbons (Fsp3) is 0.222. The number of carboxylic acid groups (broad SMARTS) is 1. The summed E-state index contributed by atoms with van der Waals surface area (Å²) in [5, 5.41) is 27.9. The number of hydrogen-bond donors (Lipinski definition) is 5. The number of rotatable bonds is 7. The zero-order valence-corrected chi connectivity index (χ0v) is 13.8. The number of carbonyl (C=O) groups excluding carboxylic acids is 1. The molecule has 0 spiro atoms. The van der Waals surface area contributed by atoms with Gasteiger partial charge in [0, 0.05) is 0 Å². The van der Waals surface area contributed by atoms with E-state index < -0.39 is 24.0 Å². The first-order chi connectivity index (χ1) is 12.3. The number of nitrogens with two attached hydrogens (primary N) is 2. The molecule has 8 heteroatoms. The number of ether oxygens (including phenoxy) is 1. The fourth-order valence-electron chi connectivity index (χ4n) is 2.26. The minimum absolute atomic E-state index is 0.0136. The molecule has 0 bridgehead atoms. The Morgan fingerprint density at radius 2 is 1.50 bits per heavy atom.